The zero-order chi connectivity index (χ0) is 21.4. The summed E-state index contributed by atoms with van der Waals surface area (Å²) in [5.41, 5.74) is 6.21. The number of aryl methyl sites for hydroxylation is 1. The second-order valence-electron chi connectivity index (χ2n) is 7.57. The summed E-state index contributed by atoms with van der Waals surface area (Å²) in [4.78, 5) is 20.5. The highest BCUT2D eigenvalue weighted by molar-refractivity contribution is 7.14. The summed E-state index contributed by atoms with van der Waals surface area (Å²) in [5.74, 6) is 0.839. The van der Waals surface area contributed by atoms with Crippen molar-refractivity contribution in [2.75, 3.05) is 5.32 Å². The molecule has 5 rings (SSSR count). The molecule has 4 heterocycles. The standard InChI is InChI=1S/C24H22N4O2S/c1-15-10-20(16(2)28(15)13-18-6-5-9-30-18)22-14-31-24(26-22)27-23(29)11-17-12-25-21-8-4-3-7-19(17)21/h3-10,12,14,25H,11,13H2,1-2H3,(H,26,27,29). The van der Waals surface area contributed by atoms with Gasteiger partial charge in [0.25, 0.3) is 0 Å². The van der Waals surface area contributed by atoms with E-state index < -0.39 is 0 Å². The van der Waals surface area contributed by atoms with E-state index in [4.69, 9.17) is 4.42 Å². The molecule has 0 aliphatic rings. The molecule has 6 nitrogen and oxygen atoms in total. The molecule has 0 spiro atoms. The number of H-pyrrole nitrogens is 1. The monoisotopic (exact) mass is 430 g/mol. The van der Waals surface area contributed by atoms with Crippen molar-refractivity contribution in [2.24, 2.45) is 0 Å². The summed E-state index contributed by atoms with van der Waals surface area (Å²) >= 11 is 1.44. The predicted molar refractivity (Wildman–Crippen MR) is 123 cm³/mol. The molecule has 0 saturated heterocycles. The SMILES string of the molecule is Cc1cc(-c2csc(NC(=O)Cc3c[nH]c4ccccc34)n2)c(C)n1Cc1ccco1. The minimum absolute atomic E-state index is 0.0751. The number of hydrogen-bond donors (Lipinski definition) is 2. The van der Waals surface area contributed by atoms with E-state index in [1.54, 1.807) is 6.26 Å². The molecule has 1 amide bonds. The van der Waals surface area contributed by atoms with Crippen LogP contribution in [0, 0.1) is 13.8 Å². The van der Waals surface area contributed by atoms with Crippen molar-refractivity contribution < 1.29 is 9.21 Å². The van der Waals surface area contributed by atoms with Gasteiger partial charge in [0.2, 0.25) is 5.91 Å². The average Bonchev–Trinajstić information content (AvgIpc) is 3.54. The summed E-state index contributed by atoms with van der Waals surface area (Å²) in [6.45, 7) is 4.85. The number of fused-ring (bicyclic) bond motifs is 1. The van der Waals surface area contributed by atoms with Crippen LogP contribution in [0.5, 0.6) is 0 Å². The number of hydrogen-bond acceptors (Lipinski definition) is 4. The number of benzene rings is 1. The molecule has 0 unspecified atom stereocenters. The van der Waals surface area contributed by atoms with Gasteiger partial charge in [0.05, 0.1) is 24.9 Å². The van der Waals surface area contributed by atoms with E-state index in [2.05, 4.69) is 39.8 Å². The molecule has 2 N–H and O–H groups in total. The Labute approximate surface area is 183 Å². The molecule has 0 aliphatic heterocycles. The number of thiazole rings is 1. The molecule has 7 heteroatoms. The van der Waals surface area contributed by atoms with E-state index in [1.807, 2.05) is 48.0 Å². The number of anilines is 1. The molecule has 1 aromatic carbocycles. The second kappa shape index (κ2) is 7.92. The van der Waals surface area contributed by atoms with E-state index in [0.29, 0.717) is 18.1 Å². The van der Waals surface area contributed by atoms with Crippen molar-refractivity contribution in [3.05, 3.63) is 83.0 Å². The summed E-state index contributed by atoms with van der Waals surface area (Å²) in [6.07, 6.45) is 3.89. The molecule has 0 atom stereocenters. The Hall–Kier alpha value is -3.58. The van der Waals surface area contributed by atoms with Crippen LogP contribution in [0.4, 0.5) is 5.13 Å². The van der Waals surface area contributed by atoms with Gasteiger partial charge in [0.15, 0.2) is 5.13 Å². The second-order valence-corrected chi connectivity index (χ2v) is 8.43. The zero-order valence-corrected chi connectivity index (χ0v) is 18.1. The summed E-state index contributed by atoms with van der Waals surface area (Å²) in [5, 5.41) is 6.61. The highest BCUT2D eigenvalue weighted by Gasteiger charge is 2.16. The summed E-state index contributed by atoms with van der Waals surface area (Å²) in [7, 11) is 0. The fourth-order valence-electron chi connectivity index (χ4n) is 3.93. The van der Waals surface area contributed by atoms with Gasteiger partial charge >= 0.3 is 0 Å². The number of furan rings is 1. The van der Waals surface area contributed by atoms with Gasteiger partial charge in [-0.2, -0.15) is 0 Å². The quantitative estimate of drug-likeness (QED) is 0.372. The number of nitrogens with zero attached hydrogens (tertiary/aromatic N) is 2. The van der Waals surface area contributed by atoms with Crippen LogP contribution >= 0.6 is 11.3 Å². The number of para-hydroxylation sites is 1. The molecule has 0 radical (unpaired) electrons. The first-order chi connectivity index (χ1) is 15.1. The predicted octanol–water partition coefficient (Wildman–Crippen LogP) is 5.53. The van der Waals surface area contributed by atoms with Crippen LogP contribution in [-0.2, 0) is 17.8 Å². The average molecular weight is 431 g/mol. The molecule has 0 saturated carbocycles. The van der Waals surface area contributed by atoms with Gasteiger partial charge in [0, 0.05) is 39.4 Å². The Kier molecular flexibility index (Phi) is 4.95. The number of carbonyl (C=O) groups is 1. The Morgan fingerprint density at radius 2 is 2.10 bits per heavy atom. The van der Waals surface area contributed by atoms with E-state index >= 15 is 0 Å². The first-order valence-electron chi connectivity index (χ1n) is 10.1. The fraction of sp³-hybridized carbons (Fsp3) is 0.167. The van der Waals surface area contributed by atoms with Crippen LogP contribution in [0.15, 0.2) is 64.7 Å². The third-order valence-corrected chi connectivity index (χ3v) is 6.28. The largest absolute Gasteiger partial charge is 0.467 e. The van der Waals surface area contributed by atoms with Crippen molar-refractivity contribution in [1.29, 1.82) is 0 Å². The van der Waals surface area contributed by atoms with E-state index in [0.717, 1.165) is 44.9 Å². The molecule has 0 bridgehead atoms. The molecule has 0 aliphatic carbocycles. The van der Waals surface area contributed by atoms with Gasteiger partial charge in [-0.1, -0.05) is 18.2 Å². The lowest BCUT2D eigenvalue weighted by Gasteiger charge is -2.07. The third-order valence-electron chi connectivity index (χ3n) is 5.52. The van der Waals surface area contributed by atoms with Crippen LogP contribution in [0.1, 0.15) is 22.7 Å². The number of aromatic amines is 1. The molecule has 4 aromatic heterocycles. The van der Waals surface area contributed by atoms with Gasteiger partial charge in [-0.25, -0.2) is 4.98 Å². The maximum absolute atomic E-state index is 12.6. The first-order valence-corrected chi connectivity index (χ1v) is 11.0. The maximum atomic E-state index is 12.6. The molecule has 31 heavy (non-hydrogen) atoms. The van der Waals surface area contributed by atoms with E-state index in [-0.39, 0.29) is 5.91 Å². The molecule has 5 aromatic rings. The Morgan fingerprint density at radius 3 is 2.94 bits per heavy atom. The topological polar surface area (TPSA) is 75.8 Å². The van der Waals surface area contributed by atoms with Crippen molar-refractivity contribution >= 4 is 33.3 Å². The first kappa shape index (κ1) is 19.4. The lowest BCUT2D eigenvalue weighted by Crippen LogP contribution is -2.14. The highest BCUT2D eigenvalue weighted by Crippen LogP contribution is 2.30. The molecule has 156 valence electrons. The third kappa shape index (κ3) is 3.80. The normalized spacial score (nSPS) is 11.3. The zero-order valence-electron chi connectivity index (χ0n) is 17.3. The van der Waals surface area contributed by atoms with E-state index in [9.17, 15) is 4.79 Å². The van der Waals surface area contributed by atoms with Gasteiger partial charge in [-0.15, -0.1) is 11.3 Å². The number of nitrogens with one attached hydrogen (secondary N) is 2. The van der Waals surface area contributed by atoms with Crippen LogP contribution in [0.25, 0.3) is 22.2 Å². The van der Waals surface area contributed by atoms with Crippen LogP contribution in [0.2, 0.25) is 0 Å². The number of carbonyl (C=O) groups excluding carboxylic acids is 1. The van der Waals surface area contributed by atoms with Crippen molar-refractivity contribution in [3.8, 4) is 11.3 Å². The number of amides is 1. The minimum atomic E-state index is -0.0751. The smallest absolute Gasteiger partial charge is 0.230 e. The van der Waals surface area contributed by atoms with Crippen LogP contribution in [0.3, 0.4) is 0 Å². The van der Waals surface area contributed by atoms with Gasteiger partial charge < -0.3 is 19.3 Å². The Morgan fingerprint density at radius 1 is 1.23 bits per heavy atom. The molecular weight excluding hydrogens is 408 g/mol. The van der Waals surface area contributed by atoms with E-state index in [1.165, 1.54) is 11.3 Å². The molecular formula is C24H22N4O2S. The van der Waals surface area contributed by atoms with Gasteiger partial charge in [-0.05, 0) is 43.7 Å². The summed E-state index contributed by atoms with van der Waals surface area (Å²) < 4.78 is 7.71. The van der Waals surface area contributed by atoms with Crippen molar-refractivity contribution in [1.82, 2.24) is 14.5 Å². The lowest BCUT2D eigenvalue weighted by molar-refractivity contribution is -0.115. The maximum Gasteiger partial charge on any atom is 0.230 e. The van der Waals surface area contributed by atoms with Gasteiger partial charge in [-0.3, -0.25) is 4.79 Å². The van der Waals surface area contributed by atoms with Crippen molar-refractivity contribution in [2.45, 2.75) is 26.8 Å². The Bertz CT molecular complexity index is 1360. The van der Waals surface area contributed by atoms with Crippen molar-refractivity contribution in [3.63, 3.8) is 0 Å². The number of aromatic nitrogens is 3. The lowest BCUT2D eigenvalue weighted by atomic mass is 10.1. The minimum Gasteiger partial charge on any atom is -0.467 e. The van der Waals surface area contributed by atoms with Gasteiger partial charge in [0.1, 0.15) is 5.76 Å². The summed E-state index contributed by atoms with van der Waals surface area (Å²) in [6, 6.07) is 14.0. The number of rotatable bonds is 6. The molecule has 0 fully saturated rings. The Balaban J connectivity index is 1.31. The van der Waals surface area contributed by atoms with Crippen LogP contribution in [-0.4, -0.2) is 20.4 Å². The highest BCUT2D eigenvalue weighted by atomic mass is 32.1. The fourth-order valence-corrected chi connectivity index (χ4v) is 4.66. The van der Waals surface area contributed by atoms with Crippen LogP contribution < -0.4 is 5.32 Å².